The Morgan fingerprint density at radius 1 is 1.40 bits per heavy atom. The van der Waals surface area contributed by atoms with E-state index in [0.717, 1.165) is 5.57 Å². The molecular weight excluding hydrogens is 120 g/mol. The lowest BCUT2D eigenvalue weighted by molar-refractivity contribution is 0.958. The predicted octanol–water partition coefficient (Wildman–Crippen LogP) is 3.72. The second-order valence-electron chi connectivity index (χ2n) is 2.04. The molecule has 0 aromatic carbocycles. The molecule has 0 amide bonds. The minimum absolute atomic E-state index is 1.14. The van der Waals surface area contributed by atoms with Crippen molar-refractivity contribution in [3.8, 4) is 0 Å². The highest BCUT2D eigenvalue weighted by atomic mass is 13.8. The molecule has 0 unspecified atom stereocenters. The van der Waals surface area contributed by atoms with Gasteiger partial charge in [-0.25, -0.2) is 0 Å². The van der Waals surface area contributed by atoms with Gasteiger partial charge in [0.1, 0.15) is 0 Å². The summed E-state index contributed by atoms with van der Waals surface area (Å²) in [6.07, 6.45) is 6.61. The van der Waals surface area contributed by atoms with Gasteiger partial charge < -0.3 is 0 Å². The van der Waals surface area contributed by atoms with Gasteiger partial charge in [0.15, 0.2) is 0 Å². The Morgan fingerprint density at radius 3 is 2.20 bits per heavy atom. The maximum absolute atomic E-state index is 3.74. The summed E-state index contributed by atoms with van der Waals surface area (Å²) < 4.78 is 0. The van der Waals surface area contributed by atoms with Gasteiger partial charge in [0.05, 0.1) is 0 Å². The molecule has 0 nitrogen and oxygen atoms in total. The smallest absolute Gasteiger partial charge is 0.0350 e. The van der Waals surface area contributed by atoms with E-state index >= 15 is 0 Å². The van der Waals surface area contributed by atoms with Gasteiger partial charge >= 0.3 is 0 Å². The third-order valence-corrected chi connectivity index (χ3v) is 0.858. The minimum atomic E-state index is 1.14. The Labute approximate surface area is 65.0 Å². The first-order valence-electron chi connectivity index (χ1n) is 3.59. The van der Waals surface area contributed by atoms with E-state index in [9.17, 15) is 0 Å². The summed E-state index contributed by atoms with van der Waals surface area (Å²) in [6, 6.07) is 0. The molecule has 0 saturated carbocycles. The van der Waals surface area contributed by atoms with Gasteiger partial charge in [0.2, 0.25) is 0 Å². The number of hydrogen-bond acceptors (Lipinski definition) is 0. The van der Waals surface area contributed by atoms with Crippen LogP contribution in [-0.2, 0) is 0 Å². The zero-order valence-corrected chi connectivity index (χ0v) is 7.19. The SMILES string of the molecule is C=C.C=C(C)/C=C\CCC. The van der Waals surface area contributed by atoms with Crippen LogP contribution in [-0.4, -0.2) is 0 Å². The van der Waals surface area contributed by atoms with Crippen LogP contribution in [0.4, 0.5) is 0 Å². The minimum Gasteiger partial charge on any atom is -0.106 e. The molecule has 10 heavy (non-hydrogen) atoms. The van der Waals surface area contributed by atoms with Gasteiger partial charge in [-0.15, -0.1) is 13.2 Å². The van der Waals surface area contributed by atoms with E-state index in [1.165, 1.54) is 12.8 Å². The van der Waals surface area contributed by atoms with E-state index in [-0.39, 0.29) is 0 Å². The summed E-state index contributed by atoms with van der Waals surface area (Å²) in [7, 11) is 0. The number of rotatable bonds is 3. The molecule has 0 aliphatic rings. The molecule has 0 radical (unpaired) electrons. The van der Waals surface area contributed by atoms with Crippen molar-refractivity contribution in [1.82, 2.24) is 0 Å². The van der Waals surface area contributed by atoms with Crippen molar-refractivity contribution < 1.29 is 0 Å². The normalized spacial score (nSPS) is 8.60. The molecule has 0 heterocycles. The molecule has 0 saturated heterocycles. The number of unbranched alkanes of at least 4 members (excludes halogenated alkanes) is 1. The lowest BCUT2D eigenvalue weighted by Gasteiger charge is -1.83. The maximum Gasteiger partial charge on any atom is -0.0350 e. The molecule has 0 bridgehead atoms. The van der Waals surface area contributed by atoms with Crippen LogP contribution in [0.15, 0.2) is 37.5 Å². The monoisotopic (exact) mass is 138 g/mol. The first kappa shape index (κ1) is 12.0. The van der Waals surface area contributed by atoms with Crippen LogP contribution in [0.3, 0.4) is 0 Å². The largest absolute Gasteiger partial charge is 0.106 e. The summed E-state index contributed by atoms with van der Waals surface area (Å²) >= 11 is 0. The molecule has 0 aromatic rings. The first-order chi connectivity index (χ1) is 4.77. The molecule has 0 fully saturated rings. The van der Waals surface area contributed by atoms with Crippen LogP contribution in [0.2, 0.25) is 0 Å². The van der Waals surface area contributed by atoms with Crippen LogP contribution >= 0.6 is 0 Å². The fourth-order valence-electron chi connectivity index (χ4n) is 0.451. The van der Waals surface area contributed by atoms with Crippen molar-refractivity contribution in [2.75, 3.05) is 0 Å². The molecular formula is C10H18. The molecule has 0 atom stereocenters. The molecule has 0 heteroatoms. The summed E-state index contributed by atoms with van der Waals surface area (Å²) in [5.74, 6) is 0. The van der Waals surface area contributed by atoms with E-state index in [0.29, 0.717) is 0 Å². The summed E-state index contributed by atoms with van der Waals surface area (Å²) in [6.45, 7) is 13.9. The van der Waals surface area contributed by atoms with E-state index in [1.54, 1.807) is 0 Å². The number of allylic oxidation sites excluding steroid dienone is 3. The van der Waals surface area contributed by atoms with E-state index in [2.05, 4.69) is 38.8 Å². The Kier molecular flexibility index (Phi) is 13.2. The van der Waals surface area contributed by atoms with Gasteiger partial charge in [-0.3, -0.25) is 0 Å². The Bertz CT molecular complexity index is 98.6. The van der Waals surface area contributed by atoms with Crippen molar-refractivity contribution in [2.45, 2.75) is 26.7 Å². The predicted molar refractivity (Wildman–Crippen MR) is 50.1 cm³/mol. The average Bonchev–Trinajstić information content (AvgIpc) is 1.92. The Morgan fingerprint density at radius 2 is 1.90 bits per heavy atom. The third kappa shape index (κ3) is 15.7. The quantitative estimate of drug-likeness (QED) is 0.412. The Hall–Kier alpha value is -0.780. The molecule has 0 aromatic heterocycles. The molecule has 0 aliphatic carbocycles. The summed E-state index contributed by atoms with van der Waals surface area (Å²) in [4.78, 5) is 0. The van der Waals surface area contributed by atoms with Crippen molar-refractivity contribution in [3.63, 3.8) is 0 Å². The van der Waals surface area contributed by atoms with Crippen molar-refractivity contribution in [1.29, 1.82) is 0 Å². The first-order valence-corrected chi connectivity index (χ1v) is 3.59. The van der Waals surface area contributed by atoms with Crippen LogP contribution in [0.5, 0.6) is 0 Å². The van der Waals surface area contributed by atoms with Gasteiger partial charge in [-0.1, -0.05) is 37.6 Å². The third-order valence-electron chi connectivity index (χ3n) is 0.858. The highest BCUT2D eigenvalue weighted by molar-refractivity contribution is 5.10. The van der Waals surface area contributed by atoms with Gasteiger partial charge in [0, 0.05) is 0 Å². The van der Waals surface area contributed by atoms with Crippen molar-refractivity contribution in [2.24, 2.45) is 0 Å². The zero-order chi connectivity index (χ0) is 8.41. The lowest BCUT2D eigenvalue weighted by atomic mass is 10.2. The topological polar surface area (TPSA) is 0 Å². The van der Waals surface area contributed by atoms with Gasteiger partial charge in [-0.2, -0.15) is 0 Å². The van der Waals surface area contributed by atoms with Crippen LogP contribution in [0.1, 0.15) is 26.7 Å². The number of hydrogen-bond donors (Lipinski definition) is 0. The van der Waals surface area contributed by atoms with Crippen LogP contribution < -0.4 is 0 Å². The van der Waals surface area contributed by atoms with Crippen LogP contribution in [0, 0.1) is 0 Å². The molecule has 0 aliphatic heterocycles. The maximum atomic E-state index is 3.74. The van der Waals surface area contributed by atoms with Crippen LogP contribution in [0.25, 0.3) is 0 Å². The van der Waals surface area contributed by atoms with Gasteiger partial charge in [-0.05, 0) is 13.3 Å². The second kappa shape index (κ2) is 11.1. The lowest BCUT2D eigenvalue weighted by Crippen LogP contribution is -1.62. The molecule has 0 spiro atoms. The van der Waals surface area contributed by atoms with E-state index in [4.69, 9.17) is 0 Å². The average molecular weight is 138 g/mol. The Balaban J connectivity index is 0. The summed E-state index contributed by atoms with van der Waals surface area (Å²) in [5.41, 5.74) is 1.14. The molecule has 0 N–H and O–H groups in total. The summed E-state index contributed by atoms with van der Waals surface area (Å²) in [5, 5.41) is 0. The van der Waals surface area contributed by atoms with Crippen molar-refractivity contribution >= 4 is 0 Å². The fraction of sp³-hybridized carbons (Fsp3) is 0.400. The molecule has 0 rings (SSSR count). The standard InChI is InChI=1S/C8H14.C2H4/c1-4-5-6-7-8(2)3;1-2/h6-7H,2,4-5H2,1,3H3;1-2H2/b7-6-;. The van der Waals surface area contributed by atoms with Crippen molar-refractivity contribution in [3.05, 3.63) is 37.5 Å². The van der Waals surface area contributed by atoms with E-state index < -0.39 is 0 Å². The van der Waals surface area contributed by atoms with Gasteiger partial charge in [0.25, 0.3) is 0 Å². The highest BCUT2D eigenvalue weighted by Gasteiger charge is 1.72. The second-order valence-corrected chi connectivity index (χ2v) is 2.04. The molecule has 58 valence electrons. The zero-order valence-electron chi connectivity index (χ0n) is 7.19. The fourth-order valence-corrected chi connectivity index (χ4v) is 0.451. The van der Waals surface area contributed by atoms with E-state index in [1.807, 2.05) is 6.92 Å². The highest BCUT2D eigenvalue weighted by Crippen LogP contribution is 1.93.